The van der Waals surface area contributed by atoms with E-state index in [0.717, 1.165) is 22.6 Å². The lowest BCUT2D eigenvalue weighted by Gasteiger charge is -2.12. The number of benzene rings is 1. The van der Waals surface area contributed by atoms with Crippen molar-refractivity contribution in [3.05, 3.63) is 53.9 Å². The highest BCUT2D eigenvalue weighted by atomic mass is 32.1. The number of fused-ring (bicyclic) bond motifs is 1. The van der Waals surface area contributed by atoms with Gasteiger partial charge in [0.2, 0.25) is 0 Å². The Balaban J connectivity index is 1.61. The largest absolute Gasteiger partial charge is 0.450 e. The van der Waals surface area contributed by atoms with Crippen molar-refractivity contribution in [3.8, 4) is 21.9 Å². The molecular formula is C20H17F2N5O3S. The first-order chi connectivity index (χ1) is 15.1. The number of H-pyrrole nitrogens is 1. The predicted molar refractivity (Wildman–Crippen MR) is 113 cm³/mol. The molecule has 4 rings (SSSR count). The van der Waals surface area contributed by atoms with Crippen molar-refractivity contribution in [1.82, 2.24) is 20.3 Å². The number of hydrogen-bond donors (Lipinski definition) is 3. The number of nitrogens with one attached hydrogen (secondary N) is 3. The number of carbonyl (C=O) groups is 1. The molecule has 0 fully saturated rings. The third kappa shape index (κ3) is 4.47. The fourth-order valence-corrected chi connectivity index (χ4v) is 3.58. The summed E-state index contributed by atoms with van der Waals surface area (Å²) >= 11 is 1.41. The third-order valence-electron chi connectivity index (χ3n) is 4.29. The number of anilines is 1. The second-order valence-corrected chi connectivity index (χ2v) is 7.23. The second kappa shape index (κ2) is 9.06. The predicted octanol–water partition coefficient (Wildman–Crippen LogP) is 4.52. The maximum absolute atomic E-state index is 14.7. The van der Waals surface area contributed by atoms with Crippen LogP contribution in [0.25, 0.3) is 21.5 Å². The third-order valence-corrected chi connectivity index (χ3v) is 5.10. The Morgan fingerprint density at radius 1 is 1.29 bits per heavy atom. The Kier molecular flexibility index (Phi) is 6.05. The van der Waals surface area contributed by atoms with Gasteiger partial charge in [-0.3, -0.25) is 4.98 Å². The minimum Gasteiger partial charge on any atom is -0.450 e. The molecule has 31 heavy (non-hydrogen) atoms. The molecule has 0 aliphatic carbocycles. The number of thiazole rings is 1. The Bertz CT molecular complexity index is 1190. The number of aromatic nitrogens is 3. The van der Waals surface area contributed by atoms with Crippen LogP contribution in [-0.2, 0) is 4.74 Å². The number of nitrogens with zero attached hydrogens (tertiary/aromatic N) is 2. The zero-order valence-corrected chi connectivity index (χ0v) is 17.1. The number of rotatable bonds is 7. The Hall–Kier alpha value is -3.57. The smallest absolute Gasteiger partial charge is 0.319 e. The minimum absolute atomic E-state index is 0.0517. The van der Waals surface area contributed by atoms with E-state index in [-0.39, 0.29) is 18.0 Å². The highest BCUT2D eigenvalue weighted by Gasteiger charge is 2.19. The Morgan fingerprint density at radius 2 is 2.10 bits per heavy atom. The average Bonchev–Trinajstić information content (AvgIpc) is 3.40. The lowest BCUT2D eigenvalue weighted by molar-refractivity contribution is 0.198. The molecule has 0 spiro atoms. The van der Waals surface area contributed by atoms with E-state index >= 15 is 0 Å². The maximum atomic E-state index is 14.7. The average molecular weight is 445 g/mol. The number of halogens is 2. The maximum Gasteiger partial charge on any atom is 0.319 e. The number of amides is 2. The summed E-state index contributed by atoms with van der Waals surface area (Å²) < 4.78 is 39.8. The highest BCUT2D eigenvalue weighted by Crippen LogP contribution is 2.39. The van der Waals surface area contributed by atoms with Crippen molar-refractivity contribution in [2.24, 2.45) is 0 Å². The molecule has 160 valence electrons. The van der Waals surface area contributed by atoms with Crippen LogP contribution in [0, 0.1) is 11.6 Å². The molecule has 2 amide bonds. The van der Waals surface area contributed by atoms with Crippen molar-refractivity contribution in [2.75, 3.05) is 25.6 Å². The van der Waals surface area contributed by atoms with Gasteiger partial charge in [0.1, 0.15) is 11.4 Å². The summed E-state index contributed by atoms with van der Waals surface area (Å²) in [7, 11) is 1.49. The van der Waals surface area contributed by atoms with Gasteiger partial charge in [-0.05, 0) is 6.07 Å². The van der Waals surface area contributed by atoms with Crippen LogP contribution < -0.4 is 15.4 Å². The van der Waals surface area contributed by atoms with Gasteiger partial charge < -0.3 is 25.1 Å². The fraction of sp³-hybridized carbons (Fsp3) is 0.150. The van der Waals surface area contributed by atoms with Crippen molar-refractivity contribution >= 4 is 34.1 Å². The molecule has 0 bridgehead atoms. The van der Waals surface area contributed by atoms with Gasteiger partial charge in [0.25, 0.3) is 0 Å². The van der Waals surface area contributed by atoms with Gasteiger partial charge in [-0.25, -0.2) is 18.6 Å². The quantitative estimate of drug-likeness (QED) is 0.363. The number of methoxy groups -OCH3 is 1. The molecule has 4 aromatic rings. The first-order valence-corrected chi connectivity index (χ1v) is 10.0. The number of urea groups is 1. The summed E-state index contributed by atoms with van der Waals surface area (Å²) in [4.78, 5) is 24.0. The minimum atomic E-state index is -0.966. The summed E-state index contributed by atoms with van der Waals surface area (Å²) in [6, 6.07) is 2.87. The van der Waals surface area contributed by atoms with Crippen LogP contribution in [0.15, 0.2) is 42.3 Å². The molecule has 0 aliphatic rings. The Morgan fingerprint density at radius 3 is 2.81 bits per heavy atom. The molecule has 3 N–H and O–H groups in total. The Labute approximate surface area is 179 Å². The van der Waals surface area contributed by atoms with Crippen LogP contribution in [-0.4, -0.2) is 41.2 Å². The number of ether oxygens (including phenoxy) is 2. The molecule has 1 aromatic carbocycles. The van der Waals surface area contributed by atoms with E-state index in [2.05, 4.69) is 25.6 Å². The molecular weight excluding hydrogens is 428 g/mol. The van der Waals surface area contributed by atoms with E-state index in [1.165, 1.54) is 30.7 Å². The van der Waals surface area contributed by atoms with E-state index in [9.17, 15) is 13.6 Å². The fourth-order valence-electron chi connectivity index (χ4n) is 2.94. The number of pyridine rings is 1. The molecule has 0 saturated carbocycles. The standard InChI is InChI=1S/C20H17F2N5O3S/c1-29-5-4-25-20(28)27-11-6-13(21)18(14(22)7-11)30-15-2-3-24-19-17(15)12(8-26-19)16-9-23-10-31-16/h2-3,6-10H,4-5H2,1H3,(H,24,26)(H2,25,27,28). The van der Waals surface area contributed by atoms with E-state index in [1.807, 2.05) is 0 Å². The van der Waals surface area contributed by atoms with Crippen molar-refractivity contribution in [2.45, 2.75) is 0 Å². The first kappa shape index (κ1) is 20.7. The first-order valence-electron chi connectivity index (χ1n) is 9.12. The summed E-state index contributed by atoms with van der Waals surface area (Å²) in [6.45, 7) is 0.567. The second-order valence-electron chi connectivity index (χ2n) is 6.35. The van der Waals surface area contributed by atoms with Gasteiger partial charge in [-0.15, -0.1) is 11.3 Å². The van der Waals surface area contributed by atoms with Gasteiger partial charge in [-0.2, -0.15) is 0 Å². The molecule has 3 aromatic heterocycles. The van der Waals surface area contributed by atoms with Crippen LogP contribution in [0.3, 0.4) is 0 Å². The number of carbonyl (C=O) groups excluding carboxylic acids is 1. The van der Waals surface area contributed by atoms with Crippen LogP contribution in [0.4, 0.5) is 19.3 Å². The molecule has 0 saturated heterocycles. The van der Waals surface area contributed by atoms with Crippen LogP contribution in [0.2, 0.25) is 0 Å². The molecule has 11 heteroatoms. The normalized spacial score (nSPS) is 10.9. The summed E-state index contributed by atoms with van der Waals surface area (Å²) in [5, 5.41) is 5.44. The van der Waals surface area contributed by atoms with Crippen molar-refractivity contribution < 1.29 is 23.0 Å². The molecule has 0 unspecified atom stereocenters. The topological polar surface area (TPSA) is 101 Å². The van der Waals surface area contributed by atoms with Crippen LogP contribution >= 0.6 is 11.3 Å². The zero-order chi connectivity index (χ0) is 21.8. The summed E-state index contributed by atoms with van der Waals surface area (Å²) in [6.07, 6.45) is 4.89. The molecule has 0 radical (unpaired) electrons. The molecule has 8 nitrogen and oxygen atoms in total. The molecule has 3 heterocycles. The van der Waals surface area contributed by atoms with Gasteiger partial charge >= 0.3 is 6.03 Å². The van der Waals surface area contributed by atoms with Crippen molar-refractivity contribution in [1.29, 1.82) is 0 Å². The summed E-state index contributed by atoms with van der Waals surface area (Å²) in [5.41, 5.74) is 2.89. The van der Waals surface area contributed by atoms with Gasteiger partial charge in [0.15, 0.2) is 17.4 Å². The molecule has 0 aliphatic heterocycles. The lowest BCUT2D eigenvalue weighted by atomic mass is 10.2. The van der Waals surface area contributed by atoms with Gasteiger partial charge in [-0.1, -0.05) is 0 Å². The van der Waals surface area contributed by atoms with E-state index < -0.39 is 23.4 Å². The number of aromatic amines is 1. The van der Waals surface area contributed by atoms with Crippen LogP contribution in [0.1, 0.15) is 0 Å². The molecule has 0 atom stereocenters. The SMILES string of the molecule is COCCNC(=O)Nc1cc(F)c(Oc2ccnc3[nH]cc(-c4cncs4)c23)c(F)c1. The summed E-state index contributed by atoms with van der Waals surface area (Å²) in [5.74, 6) is -2.29. The highest BCUT2D eigenvalue weighted by molar-refractivity contribution is 7.13. The lowest BCUT2D eigenvalue weighted by Crippen LogP contribution is -2.31. The number of hydrogen-bond acceptors (Lipinski definition) is 6. The van der Waals surface area contributed by atoms with Crippen molar-refractivity contribution in [3.63, 3.8) is 0 Å². The van der Waals surface area contributed by atoms with Gasteiger partial charge in [0.05, 0.1) is 22.4 Å². The van der Waals surface area contributed by atoms with E-state index in [4.69, 9.17) is 9.47 Å². The van der Waals surface area contributed by atoms with E-state index in [0.29, 0.717) is 17.6 Å². The van der Waals surface area contributed by atoms with E-state index in [1.54, 1.807) is 17.9 Å². The van der Waals surface area contributed by atoms with Gasteiger partial charge in [0, 0.05) is 55.6 Å². The van der Waals surface area contributed by atoms with Crippen LogP contribution in [0.5, 0.6) is 11.5 Å². The monoisotopic (exact) mass is 445 g/mol. The zero-order valence-electron chi connectivity index (χ0n) is 16.2.